The van der Waals surface area contributed by atoms with Crippen LogP contribution in [0.4, 0.5) is 0 Å². The van der Waals surface area contributed by atoms with Crippen LogP contribution in [0.3, 0.4) is 0 Å². The molecule has 0 spiro atoms. The first-order valence-electron chi connectivity index (χ1n) is 6.44. The van der Waals surface area contributed by atoms with E-state index in [0.29, 0.717) is 0 Å². The molecule has 0 radical (unpaired) electrons. The van der Waals surface area contributed by atoms with Gasteiger partial charge < -0.3 is 0 Å². The zero-order chi connectivity index (χ0) is 14.1. The smallest absolute Gasteiger partial charge is 0.117 e. The molecule has 4 rings (SSSR count). The van der Waals surface area contributed by atoms with Crippen LogP contribution >= 0.6 is 23.5 Å². The minimum Gasteiger partial charge on any atom is -0.236 e. The average molecular weight is 310 g/mol. The summed E-state index contributed by atoms with van der Waals surface area (Å²) in [5, 5.41) is 2.11. The fraction of sp³-hybridized carbons (Fsp3) is 0.0667. The van der Waals surface area contributed by atoms with Crippen LogP contribution in [0.5, 0.6) is 0 Å². The fourth-order valence-electron chi connectivity index (χ4n) is 2.16. The van der Waals surface area contributed by atoms with Crippen molar-refractivity contribution in [1.82, 2.24) is 18.7 Å². The van der Waals surface area contributed by atoms with Crippen molar-refractivity contribution in [2.75, 3.05) is 0 Å². The lowest BCUT2D eigenvalue weighted by atomic mass is 10.2. The minimum absolute atomic E-state index is 0.856. The minimum atomic E-state index is 0.856. The maximum Gasteiger partial charge on any atom is 0.117 e. The molecule has 2 aromatic heterocycles. The quantitative estimate of drug-likeness (QED) is 0.424. The van der Waals surface area contributed by atoms with Crippen LogP contribution < -0.4 is 0 Å². The predicted octanol–water partition coefficient (Wildman–Crippen LogP) is 3.93. The van der Waals surface area contributed by atoms with Gasteiger partial charge in [0.1, 0.15) is 22.4 Å². The molecule has 0 unspecified atom stereocenters. The summed E-state index contributed by atoms with van der Waals surface area (Å²) < 4.78 is 8.50. The Morgan fingerprint density at radius 3 is 2.81 bits per heavy atom. The summed E-state index contributed by atoms with van der Waals surface area (Å²) in [6.45, 7) is 0. The van der Waals surface area contributed by atoms with Crippen molar-refractivity contribution in [1.29, 1.82) is 0 Å². The standard InChI is InChI=1S/C15H10N4S2/c1-2-4-12-11(3-1)15(17-9-16-12)20-8-10-5-6-13-14(7-10)19-21-18-13/h1-7,9H,8H2. The zero-order valence-electron chi connectivity index (χ0n) is 10.9. The van der Waals surface area contributed by atoms with Gasteiger partial charge in [-0.3, -0.25) is 0 Å². The SMILES string of the molecule is c1ccc2c(SCc3ccc4nsnc4c3)ncnc2c1. The van der Waals surface area contributed by atoms with Gasteiger partial charge >= 0.3 is 0 Å². The molecule has 2 heterocycles. The highest BCUT2D eigenvalue weighted by Crippen LogP contribution is 2.27. The van der Waals surface area contributed by atoms with Gasteiger partial charge in [0.25, 0.3) is 0 Å². The Morgan fingerprint density at radius 2 is 1.81 bits per heavy atom. The number of thioether (sulfide) groups is 1. The molecule has 0 atom stereocenters. The van der Waals surface area contributed by atoms with E-state index in [2.05, 4.69) is 36.9 Å². The fourth-order valence-corrected chi connectivity index (χ4v) is 3.61. The Labute approximate surface area is 129 Å². The number of para-hydroxylation sites is 1. The lowest BCUT2D eigenvalue weighted by Gasteiger charge is -2.04. The molecule has 0 saturated carbocycles. The monoisotopic (exact) mass is 310 g/mol. The molecule has 6 heteroatoms. The molecule has 102 valence electrons. The maximum atomic E-state index is 4.40. The molecule has 0 aliphatic carbocycles. The van der Waals surface area contributed by atoms with Crippen molar-refractivity contribution in [2.45, 2.75) is 10.8 Å². The molecule has 0 aliphatic rings. The molecule has 0 saturated heterocycles. The van der Waals surface area contributed by atoms with Gasteiger partial charge in [-0.25, -0.2) is 9.97 Å². The number of nitrogens with zero attached hydrogens (tertiary/aromatic N) is 4. The highest BCUT2D eigenvalue weighted by atomic mass is 32.2. The first-order valence-corrected chi connectivity index (χ1v) is 8.15. The lowest BCUT2D eigenvalue weighted by molar-refractivity contribution is 1.10. The number of fused-ring (bicyclic) bond motifs is 2. The van der Waals surface area contributed by atoms with Crippen LogP contribution in [-0.4, -0.2) is 18.7 Å². The van der Waals surface area contributed by atoms with Gasteiger partial charge in [0.15, 0.2) is 0 Å². The summed E-state index contributed by atoms with van der Waals surface area (Å²) in [5.41, 5.74) is 4.13. The molecule has 0 fully saturated rings. The Morgan fingerprint density at radius 1 is 0.905 bits per heavy atom. The molecular weight excluding hydrogens is 300 g/mol. The molecule has 0 bridgehead atoms. The Balaban J connectivity index is 1.63. The second kappa shape index (κ2) is 5.38. The molecule has 4 aromatic rings. The van der Waals surface area contributed by atoms with Gasteiger partial charge in [0.05, 0.1) is 17.2 Å². The van der Waals surface area contributed by atoms with Gasteiger partial charge in [-0.05, 0) is 23.8 Å². The molecule has 0 aliphatic heterocycles. The number of hydrogen-bond donors (Lipinski definition) is 0. The topological polar surface area (TPSA) is 51.6 Å². The van der Waals surface area contributed by atoms with Crippen molar-refractivity contribution in [2.24, 2.45) is 0 Å². The van der Waals surface area contributed by atoms with E-state index in [4.69, 9.17) is 0 Å². The summed E-state index contributed by atoms with van der Waals surface area (Å²) in [6, 6.07) is 14.3. The zero-order valence-corrected chi connectivity index (χ0v) is 12.6. The normalized spacial score (nSPS) is 11.2. The van der Waals surface area contributed by atoms with E-state index >= 15 is 0 Å². The number of benzene rings is 2. The largest absolute Gasteiger partial charge is 0.236 e. The third kappa shape index (κ3) is 2.48. The Bertz CT molecular complexity index is 914. The van der Waals surface area contributed by atoms with E-state index < -0.39 is 0 Å². The van der Waals surface area contributed by atoms with Gasteiger partial charge in [0.2, 0.25) is 0 Å². The molecular formula is C15H10N4S2. The molecule has 0 amide bonds. The third-order valence-electron chi connectivity index (χ3n) is 3.20. The first-order chi connectivity index (χ1) is 10.4. The number of aromatic nitrogens is 4. The summed E-state index contributed by atoms with van der Waals surface area (Å²) in [4.78, 5) is 8.69. The van der Waals surface area contributed by atoms with Crippen molar-refractivity contribution < 1.29 is 0 Å². The highest BCUT2D eigenvalue weighted by molar-refractivity contribution is 7.98. The Kier molecular flexibility index (Phi) is 3.25. The third-order valence-corrected chi connectivity index (χ3v) is 4.83. The van der Waals surface area contributed by atoms with Crippen LogP contribution in [-0.2, 0) is 5.75 Å². The second-order valence-electron chi connectivity index (χ2n) is 4.57. The summed E-state index contributed by atoms with van der Waals surface area (Å²) in [5.74, 6) is 0.856. The van der Waals surface area contributed by atoms with Crippen molar-refractivity contribution >= 4 is 45.4 Å². The van der Waals surface area contributed by atoms with E-state index in [1.807, 2.05) is 24.3 Å². The number of hydrogen-bond acceptors (Lipinski definition) is 6. The van der Waals surface area contributed by atoms with Crippen LogP contribution in [0, 0.1) is 0 Å². The maximum absolute atomic E-state index is 4.40. The predicted molar refractivity (Wildman–Crippen MR) is 86.5 cm³/mol. The average Bonchev–Trinajstić information content (AvgIpc) is 3.00. The summed E-state index contributed by atoms with van der Waals surface area (Å²) in [6.07, 6.45) is 1.62. The lowest BCUT2D eigenvalue weighted by Crippen LogP contribution is -1.88. The van der Waals surface area contributed by atoms with Crippen LogP contribution in [0.15, 0.2) is 53.8 Å². The number of rotatable bonds is 3. The van der Waals surface area contributed by atoms with E-state index in [1.165, 1.54) is 17.3 Å². The van der Waals surface area contributed by atoms with Gasteiger partial charge in [0, 0.05) is 11.1 Å². The van der Waals surface area contributed by atoms with Crippen molar-refractivity contribution in [3.8, 4) is 0 Å². The van der Waals surface area contributed by atoms with Crippen LogP contribution in [0.2, 0.25) is 0 Å². The van der Waals surface area contributed by atoms with Crippen molar-refractivity contribution in [3.63, 3.8) is 0 Å². The first kappa shape index (κ1) is 12.7. The summed E-state index contributed by atoms with van der Waals surface area (Å²) in [7, 11) is 0. The van der Waals surface area contributed by atoms with E-state index in [0.717, 1.165) is 32.7 Å². The van der Waals surface area contributed by atoms with E-state index in [1.54, 1.807) is 18.1 Å². The van der Waals surface area contributed by atoms with Crippen molar-refractivity contribution in [3.05, 3.63) is 54.4 Å². The Hall–Kier alpha value is -2.05. The van der Waals surface area contributed by atoms with Gasteiger partial charge in [-0.15, -0.1) is 11.8 Å². The second-order valence-corrected chi connectivity index (χ2v) is 6.06. The van der Waals surface area contributed by atoms with Crippen LogP contribution in [0.25, 0.3) is 21.9 Å². The van der Waals surface area contributed by atoms with Crippen LogP contribution in [0.1, 0.15) is 5.56 Å². The van der Waals surface area contributed by atoms with E-state index in [-0.39, 0.29) is 0 Å². The van der Waals surface area contributed by atoms with Gasteiger partial charge in [-0.2, -0.15) is 8.75 Å². The highest BCUT2D eigenvalue weighted by Gasteiger charge is 2.05. The molecule has 4 nitrogen and oxygen atoms in total. The summed E-state index contributed by atoms with van der Waals surface area (Å²) >= 11 is 2.97. The molecule has 2 aromatic carbocycles. The molecule has 0 N–H and O–H groups in total. The molecule has 21 heavy (non-hydrogen) atoms. The van der Waals surface area contributed by atoms with Gasteiger partial charge in [-0.1, -0.05) is 24.3 Å². The van der Waals surface area contributed by atoms with E-state index in [9.17, 15) is 0 Å².